The predicted molar refractivity (Wildman–Crippen MR) is 102 cm³/mol. The number of nitrogens with zero attached hydrogens (tertiary/aromatic N) is 2. The number of fused-ring (bicyclic) bond motifs is 5. The molecule has 136 valence electrons. The molecule has 0 N–H and O–H groups in total. The Balaban J connectivity index is 1.49. The number of aromatic nitrogens is 2. The summed E-state index contributed by atoms with van der Waals surface area (Å²) in [6.07, 6.45) is 17.9. The van der Waals surface area contributed by atoms with E-state index in [-0.39, 0.29) is 10.8 Å². The normalized spacial score (nSPS) is 41.6. The van der Waals surface area contributed by atoms with Gasteiger partial charge in [-0.15, -0.1) is 0 Å². The Kier molecular flexibility index (Phi) is 3.54. The highest BCUT2D eigenvalue weighted by Crippen LogP contribution is 2.65. The Bertz CT molecular complexity index is 811. The Morgan fingerprint density at radius 3 is 2.62 bits per heavy atom. The van der Waals surface area contributed by atoms with Crippen molar-refractivity contribution < 1.29 is 4.79 Å². The smallest absolute Gasteiger partial charge is 0.136 e. The van der Waals surface area contributed by atoms with Crippen LogP contribution in [0.1, 0.15) is 64.4 Å². The minimum Gasteiger partial charge on any atom is -0.299 e. The fourth-order valence-electron chi connectivity index (χ4n) is 6.93. The molecule has 4 aliphatic carbocycles. The summed E-state index contributed by atoms with van der Waals surface area (Å²) in [6, 6.07) is 0. The van der Waals surface area contributed by atoms with Gasteiger partial charge in [-0.2, -0.15) is 0 Å². The van der Waals surface area contributed by atoms with Gasteiger partial charge in [0.25, 0.3) is 0 Å². The highest BCUT2D eigenvalue weighted by molar-refractivity contribution is 5.82. The molecule has 1 aromatic rings. The quantitative estimate of drug-likeness (QED) is 0.671. The van der Waals surface area contributed by atoms with Gasteiger partial charge in [-0.25, -0.2) is 9.97 Å². The van der Waals surface area contributed by atoms with E-state index >= 15 is 0 Å². The van der Waals surface area contributed by atoms with Gasteiger partial charge in [0.2, 0.25) is 0 Å². The van der Waals surface area contributed by atoms with E-state index < -0.39 is 0 Å². The summed E-state index contributed by atoms with van der Waals surface area (Å²) in [5.74, 6) is 2.65. The van der Waals surface area contributed by atoms with Crippen molar-refractivity contribution in [3.63, 3.8) is 0 Å². The zero-order valence-electron chi connectivity index (χ0n) is 15.9. The molecule has 5 atom stereocenters. The summed E-state index contributed by atoms with van der Waals surface area (Å²) in [5, 5.41) is 0. The SMILES string of the molecule is C[C@]12CCC(=O)CC1=CCC1C2CC[C@]2(C)C(c3cncnc3)=CCC12. The summed E-state index contributed by atoms with van der Waals surface area (Å²) in [5.41, 5.74) is 4.65. The average Bonchev–Trinajstić information content (AvgIpc) is 3.00. The van der Waals surface area contributed by atoms with Crippen molar-refractivity contribution in [2.45, 2.75) is 58.8 Å². The molecule has 0 aliphatic heterocycles. The molecule has 2 saturated carbocycles. The monoisotopic (exact) mass is 348 g/mol. The Hall–Kier alpha value is -1.77. The molecule has 0 bridgehead atoms. The van der Waals surface area contributed by atoms with Crippen LogP contribution in [0.4, 0.5) is 0 Å². The van der Waals surface area contributed by atoms with Gasteiger partial charge < -0.3 is 0 Å². The van der Waals surface area contributed by atoms with Crippen molar-refractivity contribution in [1.29, 1.82) is 0 Å². The number of hydrogen-bond donors (Lipinski definition) is 0. The standard InChI is InChI=1S/C23H28N2O/c1-22-9-7-17(26)11-16(22)3-4-18-20-6-5-19(15-12-24-14-25-13-15)23(20,2)10-8-21(18)22/h3,5,12-14,18,20-21H,4,6-11H2,1-2H3/t18?,20?,21?,22-,23+/m0/s1. The highest BCUT2D eigenvalue weighted by Gasteiger charge is 2.56. The number of carbonyl (C=O) groups is 1. The van der Waals surface area contributed by atoms with Gasteiger partial charge in [0.1, 0.15) is 12.1 Å². The first-order chi connectivity index (χ1) is 12.5. The van der Waals surface area contributed by atoms with E-state index in [9.17, 15) is 4.79 Å². The molecule has 5 rings (SSSR count). The molecule has 0 aromatic carbocycles. The molecule has 0 amide bonds. The predicted octanol–water partition coefficient (Wildman–Crippen LogP) is 5.00. The molecule has 1 aromatic heterocycles. The van der Waals surface area contributed by atoms with Gasteiger partial charge in [0, 0.05) is 30.8 Å². The molecule has 3 heteroatoms. The van der Waals surface area contributed by atoms with E-state index in [1.54, 1.807) is 6.33 Å². The zero-order valence-corrected chi connectivity index (χ0v) is 15.9. The summed E-state index contributed by atoms with van der Waals surface area (Å²) in [4.78, 5) is 20.5. The second kappa shape index (κ2) is 5.61. The third kappa shape index (κ3) is 2.15. The molecule has 0 spiro atoms. The molecule has 1 heterocycles. The Labute approximate surface area is 156 Å². The number of carbonyl (C=O) groups excluding carboxylic acids is 1. The van der Waals surface area contributed by atoms with Gasteiger partial charge in [0.05, 0.1) is 0 Å². The lowest BCUT2D eigenvalue weighted by atomic mass is 9.47. The molecular weight excluding hydrogens is 320 g/mol. The summed E-state index contributed by atoms with van der Waals surface area (Å²) >= 11 is 0. The maximum atomic E-state index is 12.0. The van der Waals surface area contributed by atoms with Crippen LogP contribution in [0.25, 0.3) is 5.57 Å². The first-order valence-corrected chi connectivity index (χ1v) is 10.2. The van der Waals surface area contributed by atoms with E-state index in [4.69, 9.17) is 0 Å². The van der Waals surface area contributed by atoms with E-state index in [0.717, 1.165) is 31.1 Å². The second-order valence-corrected chi connectivity index (χ2v) is 9.41. The second-order valence-electron chi connectivity index (χ2n) is 9.41. The van der Waals surface area contributed by atoms with Crippen LogP contribution in [0.3, 0.4) is 0 Å². The summed E-state index contributed by atoms with van der Waals surface area (Å²) < 4.78 is 0. The van der Waals surface area contributed by atoms with Crippen LogP contribution < -0.4 is 0 Å². The van der Waals surface area contributed by atoms with E-state index in [1.807, 2.05) is 12.4 Å². The molecule has 3 nitrogen and oxygen atoms in total. The average molecular weight is 348 g/mol. The van der Waals surface area contributed by atoms with Crippen molar-refractivity contribution in [2.75, 3.05) is 0 Å². The summed E-state index contributed by atoms with van der Waals surface area (Å²) in [7, 11) is 0. The molecule has 0 radical (unpaired) electrons. The van der Waals surface area contributed by atoms with Crippen LogP contribution in [0, 0.1) is 28.6 Å². The molecule has 0 saturated heterocycles. The van der Waals surface area contributed by atoms with Crippen molar-refractivity contribution in [3.8, 4) is 0 Å². The molecule has 26 heavy (non-hydrogen) atoms. The number of allylic oxidation sites excluding steroid dienone is 4. The van der Waals surface area contributed by atoms with Crippen LogP contribution in [0.15, 0.2) is 36.4 Å². The lowest BCUT2D eigenvalue weighted by molar-refractivity contribution is -0.122. The van der Waals surface area contributed by atoms with Gasteiger partial charge in [0.15, 0.2) is 0 Å². The fraction of sp³-hybridized carbons (Fsp3) is 0.609. The van der Waals surface area contributed by atoms with E-state index in [0.29, 0.717) is 18.1 Å². The van der Waals surface area contributed by atoms with Crippen molar-refractivity contribution in [3.05, 3.63) is 42.0 Å². The van der Waals surface area contributed by atoms with Gasteiger partial charge >= 0.3 is 0 Å². The topological polar surface area (TPSA) is 42.9 Å². The van der Waals surface area contributed by atoms with Crippen molar-refractivity contribution in [1.82, 2.24) is 9.97 Å². The first kappa shape index (κ1) is 16.4. The first-order valence-electron chi connectivity index (χ1n) is 10.2. The van der Waals surface area contributed by atoms with Crippen LogP contribution in [0.5, 0.6) is 0 Å². The maximum absolute atomic E-state index is 12.0. The van der Waals surface area contributed by atoms with Gasteiger partial charge in [-0.05, 0) is 66.3 Å². The molecule has 4 aliphatic rings. The van der Waals surface area contributed by atoms with Gasteiger partial charge in [-0.1, -0.05) is 31.6 Å². The van der Waals surface area contributed by atoms with Crippen LogP contribution in [-0.2, 0) is 4.79 Å². The Morgan fingerprint density at radius 1 is 1.00 bits per heavy atom. The minimum atomic E-state index is 0.248. The number of rotatable bonds is 1. The summed E-state index contributed by atoms with van der Waals surface area (Å²) in [6.45, 7) is 4.94. The number of Topliss-reactive ketones (excluding diaryl/α,β-unsaturated/α-hetero) is 1. The van der Waals surface area contributed by atoms with Crippen LogP contribution in [-0.4, -0.2) is 15.8 Å². The number of hydrogen-bond acceptors (Lipinski definition) is 3. The molecule has 2 fully saturated rings. The van der Waals surface area contributed by atoms with Crippen molar-refractivity contribution in [2.24, 2.45) is 28.6 Å². The van der Waals surface area contributed by atoms with Crippen LogP contribution in [0.2, 0.25) is 0 Å². The molecular formula is C23H28N2O. The largest absolute Gasteiger partial charge is 0.299 e. The molecule has 3 unspecified atom stereocenters. The van der Waals surface area contributed by atoms with E-state index in [2.05, 4.69) is 36.0 Å². The number of ketones is 1. The Morgan fingerprint density at radius 2 is 1.81 bits per heavy atom. The minimum absolute atomic E-state index is 0.248. The maximum Gasteiger partial charge on any atom is 0.136 e. The lowest BCUT2D eigenvalue weighted by Gasteiger charge is -2.57. The zero-order chi connectivity index (χ0) is 17.9. The highest BCUT2D eigenvalue weighted by atomic mass is 16.1. The van der Waals surface area contributed by atoms with Gasteiger partial charge in [-0.3, -0.25) is 4.79 Å². The third-order valence-electron chi connectivity index (χ3n) is 8.39. The van der Waals surface area contributed by atoms with E-state index in [1.165, 1.54) is 36.0 Å². The van der Waals surface area contributed by atoms with Crippen molar-refractivity contribution >= 4 is 11.4 Å². The third-order valence-corrected chi connectivity index (χ3v) is 8.39. The lowest BCUT2D eigenvalue weighted by Crippen LogP contribution is -2.49. The fourth-order valence-corrected chi connectivity index (χ4v) is 6.93. The van der Waals surface area contributed by atoms with Crippen LogP contribution >= 0.6 is 0 Å².